The van der Waals surface area contributed by atoms with Crippen molar-refractivity contribution in [1.82, 2.24) is 26.0 Å². The molecule has 1 unspecified atom stereocenters. The molecule has 0 aliphatic carbocycles. The number of rotatable bonds is 17. The number of urea groups is 1. The Hall–Kier alpha value is -5.04. The molecule has 0 saturated heterocycles. The molecule has 0 spiro atoms. The maximum absolute atomic E-state index is 14.7. The van der Waals surface area contributed by atoms with Gasteiger partial charge in [0.1, 0.15) is 11.6 Å². The standard InChI is InChI=1S/C41H53N5O7/c1-8-51-39(52-9-2)28(3)46(26-32-21-15-19-30-17-11-13-23-34(30)32)38(49)35(24-37(48)53-41(4,5)6)43-36(47)27-45(7)44-40(50)42-25-31-20-14-18-29-16-10-12-22-33(29)31/h10-23,28,35,39H,8-9,24-27H2,1-7H3,(H,43,47)(H2,42,44,50)/t28-,35?/m0/s1. The minimum atomic E-state index is -1.30. The van der Waals surface area contributed by atoms with E-state index in [-0.39, 0.29) is 19.6 Å². The SMILES string of the molecule is CCOC(OCC)[C@H](C)N(Cc1cccc2ccccc12)C(=O)C(CC(=O)OC(C)(C)C)NC(=O)CN(C)NC(=O)NCc1cccc2ccccc12. The van der Waals surface area contributed by atoms with Crippen LogP contribution in [-0.4, -0.2) is 84.5 Å². The topological polar surface area (TPSA) is 139 Å². The minimum Gasteiger partial charge on any atom is -0.460 e. The van der Waals surface area contributed by atoms with Crippen LogP contribution in [0, 0.1) is 0 Å². The van der Waals surface area contributed by atoms with Gasteiger partial charge in [0.25, 0.3) is 0 Å². The van der Waals surface area contributed by atoms with E-state index < -0.39 is 54.2 Å². The van der Waals surface area contributed by atoms with Gasteiger partial charge in [-0.15, -0.1) is 0 Å². The molecule has 4 rings (SSSR count). The summed E-state index contributed by atoms with van der Waals surface area (Å²) >= 11 is 0. The van der Waals surface area contributed by atoms with E-state index in [4.69, 9.17) is 14.2 Å². The Morgan fingerprint density at radius 3 is 1.91 bits per heavy atom. The molecule has 4 aromatic carbocycles. The predicted octanol–water partition coefficient (Wildman–Crippen LogP) is 5.67. The van der Waals surface area contributed by atoms with Gasteiger partial charge in [0.05, 0.1) is 19.0 Å². The average Bonchev–Trinajstić information content (AvgIpc) is 3.11. The molecule has 0 bridgehead atoms. The van der Waals surface area contributed by atoms with Gasteiger partial charge in [-0.25, -0.2) is 9.80 Å². The molecule has 0 fully saturated rings. The van der Waals surface area contributed by atoms with Gasteiger partial charge in [-0.3, -0.25) is 19.8 Å². The summed E-state index contributed by atoms with van der Waals surface area (Å²) in [6.07, 6.45) is -1.19. The summed E-state index contributed by atoms with van der Waals surface area (Å²) in [4.78, 5) is 55.7. The van der Waals surface area contributed by atoms with Gasteiger partial charge in [0.15, 0.2) is 6.29 Å². The fourth-order valence-electron chi connectivity index (χ4n) is 6.12. The Balaban J connectivity index is 1.53. The van der Waals surface area contributed by atoms with Crippen molar-refractivity contribution >= 4 is 45.4 Å². The Labute approximate surface area is 312 Å². The average molecular weight is 728 g/mol. The van der Waals surface area contributed by atoms with E-state index in [2.05, 4.69) is 16.1 Å². The lowest BCUT2D eigenvalue weighted by atomic mass is 10.0. The predicted molar refractivity (Wildman–Crippen MR) is 205 cm³/mol. The second-order valence-electron chi connectivity index (χ2n) is 13.8. The quantitative estimate of drug-likeness (QED) is 0.0719. The summed E-state index contributed by atoms with van der Waals surface area (Å²) in [7, 11) is 1.53. The maximum atomic E-state index is 14.7. The van der Waals surface area contributed by atoms with Gasteiger partial charge in [-0.05, 0) is 74.2 Å². The molecule has 0 aliphatic heterocycles. The molecule has 0 saturated carbocycles. The zero-order chi connectivity index (χ0) is 38.5. The lowest BCUT2D eigenvalue weighted by Gasteiger charge is -2.37. The van der Waals surface area contributed by atoms with Gasteiger partial charge in [-0.2, -0.15) is 0 Å². The summed E-state index contributed by atoms with van der Waals surface area (Å²) in [5.41, 5.74) is 3.64. The van der Waals surface area contributed by atoms with Gasteiger partial charge in [0.2, 0.25) is 11.8 Å². The largest absolute Gasteiger partial charge is 0.460 e. The van der Waals surface area contributed by atoms with Crippen LogP contribution in [0.5, 0.6) is 0 Å². The summed E-state index contributed by atoms with van der Waals surface area (Å²) in [6, 6.07) is 25.1. The number of carbonyl (C=O) groups is 4. The van der Waals surface area contributed by atoms with Crippen LogP contribution in [0.4, 0.5) is 4.79 Å². The first-order chi connectivity index (χ1) is 25.3. The molecule has 3 N–H and O–H groups in total. The van der Waals surface area contributed by atoms with Gasteiger partial charge >= 0.3 is 12.0 Å². The number of fused-ring (bicyclic) bond motifs is 2. The maximum Gasteiger partial charge on any atom is 0.329 e. The smallest absolute Gasteiger partial charge is 0.329 e. The van der Waals surface area contributed by atoms with Crippen LogP contribution in [0.2, 0.25) is 0 Å². The number of esters is 1. The van der Waals surface area contributed by atoms with Gasteiger partial charge < -0.3 is 29.7 Å². The summed E-state index contributed by atoms with van der Waals surface area (Å²) in [5, 5.41) is 10.9. The molecule has 0 aromatic heterocycles. The monoisotopic (exact) mass is 727 g/mol. The highest BCUT2D eigenvalue weighted by atomic mass is 16.7. The van der Waals surface area contributed by atoms with Crippen molar-refractivity contribution in [3.05, 3.63) is 96.1 Å². The Morgan fingerprint density at radius 2 is 1.32 bits per heavy atom. The first-order valence-electron chi connectivity index (χ1n) is 18.0. The van der Waals surface area contributed by atoms with Gasteiger partial charge in [-0.1, -0.05) is 84.9 Å². The molecule has 53 heavy (non-hydrogen) atoms. The molecule has 12 heteroatoms. The van der Waals surface area contributed by atoms with Crippen LogP contribution in [-0.2, 0) is 41.7 Å². The zero-order valence-corrected chi connectivity index (χ0v) is 31.8. The third kappa shape index (κ3) is 12.0. The van der Waals surface area contributed by atoms with E-state index in [9.17, 15) is 19.2 Å². The first kappa shape index (κ1) is 40.7. The fraction of sp³-hybridized carbons (Fsp3) is 0.415. The van der Waals surface area contributed by atoms with Crippen LogP contribution >= 0.6 is 0 Å². The molecular formula is C41H53N5O7. The zero-order valence-electron chi connectivity index (χ0n) is 31.8. The number of likely N-dealkylation sites (N-methyl/N-ethyl adjacent to an activating group) is 1. The second kappa shape index (κ2) is 19.2. The molecular weight excluding hydrogens is 674 g/mol. The van der Waals surface area contributed by atoms with Crippen LogP contribution in [0.3, 0.4) is 0 Å². The number of amides is 4. The minimum absolute atomic E-state index is 0.150. The van der Waals surface area contributed by atoms with Crippen molar-refractivity contribution in [2.45, 2.75) is 85.0 Å². The van der Waals surface area contributed by atoms with Crippen molar-refractivity contribution in [1.29, 1.82) is 0 Å². The summed E-state index contributed by atoms with van der Waals surface area (Å²) < 4.78 is 17.4. The van der Waals surface area contributed by atoms with Crippen LogP contribution in [0.15, 0.2) is 84.9 Å². The molecule has 0 heterocycles. The van der Waals surface area contributed by atoms with Crippen LogP contribution < -0.4 is 16.1 Å². The fourth-order valence-corrected chi connectivity index (χ4v) is 6.12. The van der Waals surface area contributed by atoms with Crippen LogP contribution in [0.1, 0.15) is 59.1 Å². The Kier molecular flexibility index (Phi) is 14.7. The van der Waals surface area contributed by atoms with E-state index >= 15 is 0 Å². The van der Waals surface area contributed by atoms with Crippen molar-refractivity contribution in [3.63, 3.8) is 0 Å². The summed E-state index contributed by atoms with van der Waals surface area (Å²) in [5.74, 6) is -1.76. The highest BCUT2D eigenvalue weighted by Crippen LogP contribution is 2.24. The second-order valence-corrected chi connectivity index (χ2v) is 13.8. The normalized spacial score (nSPS) is 12.8. The Morgan fingerprint density at radius 1 is 0.774 bits per heavy atom. The molecule has 0 aliphatic rings. The third-order valence-corrected chi connectivity index (χ3v) is 8.47. The molecule has 4 aromatic rings. The number of carbonyl (C=O) groups excluding carboxylic acids is 4. The van der Waals surface area contributed by atoms with E-state index in [0.717, 1.165) is 32.7 Å². The summed E-state index contributed by atoms with van der Waals surface area (Å²) in [6.45, 7) is 11.5. The number of hydrazine groups is 1. The lowest BCUT2D eigenvalue weighted by molar-refractivity contribution is -0.180. The number of nitrogens with zero attached hydrogens (tertiary/aromatic N) is 2. The lowest BCUT2D eigenvalue weighted by Crippen LogP contribution is -2.56. The van der Waals surface area contributed by atoms with E-state index in [0.29, 0.717) is 13.2 Å². The molecule has 12 nitrogen and oxygen atoms in total. The molecule has 284 valence electrons. The third-order valence-electron chi connectivity index (χ3n) is 8.47. The number of hydrogen-bond acceptors (Lipinski definition) is 8. The highest BCUT2D eigenvalue weighted by Gasteiger charge is 2.36. The number of nitrogens with one attached hydrogen (secondary N) is 3. The first-order valence-corrected chi connectivity index (χ1v) is 18.0. The Bertz CT molecular complexity index is 1840. The van der Waals surface area contributed by atoms with E-state index in [1.807, 2.05) is 106 Å². The molecule has 0 radical (unpaired) electrons. The van der Waals surface area contributed by atoms with Gasteiger partial charge in [0, 0.05) is 33.4 Å². The number of benzene rings is 4. The van der Waals surface area contributed by atoms with Crippen molar-refractivity contribution in [3.8, 4) is 0 Å². The van der Waals surface area contributed by atoms with E-state index in [1.54, 1.807) is 25.7 Å². The molecule has 2 atom stereocenters. The van der Waals surface area contributed by atoms with Crippen molar-refractivity contribution < 1.29 is 33.4 Å². The number of ether oxygens (including phenoxy) is 3. The van der Waals surface area contributed by atoms with Crippen LogP contribution in [0.25, 0.3) is 21.5 Å². The van der Waals surface area contributed by atoms with E-state index in [1.165, 1.54) is 12.1 Å². The highest BCUT2D eigenvalue weighted by molar-refractivity contribution is 5.92. The number of hydrogen-bond donors (Lipinski definition) is 3. The van der Waals surface area contributed by atoms with Crippen molar-refractivity contribution in [2.75, 3.05) is 26.8 Å². The van der Waals surface area contributed by atoms with Crippen molar-refractivity contribution in [2.24, 2.45) is 0 Å². The molecule has 4 amide bonds.